The number of nitrogens with one attached hydrogen (secondary N) is 1. The number of nitrogens with zero attached hydrogens (tertiary/aromatic N) is 2. The highest BCUT2D eigenvalue weighted by Crippen LogP contribution is 2.25. The largest absolute Gasteiger partial charge is 0.455 e. The highest BCUT2D eigenvalue weighted by atomic mass is 79.9. The van der Waals surface area contributed by atoms with E-state index in [0.717, 1.165) is 9.86 Å². The van der Waals surface area contributed by atoms with Gasteiger partial charge in [0.15, 0.2) is 5.76 Å². The standard InChI is InChI=1S/C20H12BrN3O5/c21-14-4-6-18-13(8-14)10-19(29-18)20(25)23-22-11-16-5-7-17(28-16)12-2-1-3-15(9-12)24(26)27/h1-11H,(H,23,25)/b22-11-. The van der Waals surface area contributed by atoms with Crippen molar-refractivity contribution in [3.63, 3.8) is 0 Å². The summed E-state index contributed by atoms with van der Waals surface area (Å²) in [5, 5.41) is 15.5. The van der Waals surface area contributed by atoms with Crippen molar-refractivity contribution in [2.24, 2.45) is 5.10 Å². The van der Waals surface area contributed by atoms with Crippen LogP contribution in [0.3, 0.4) is 0 Å². The molecular formula is C20H12BrN3O5. The number of nitro groups is 1. The van der Waals surface area contributed by atoms with Crippen molar-refractivity contribution in [2.75, 3.05) is 0 Å². The van der Waals surface area contributed by atoms with Gasteiger partial charge >= 0.3 is 5.91 Å². The number of benzene rings is 2. The third-order valence-electron chi connectivity index (χ3n) is 4.03. The molecule has 9 heteroatoms. The smallest absolute Gasteiger partial charge is 0.307 e. The first-order valence-electron chi connectivity index (χ1n) is 8.37. The van der Waals surface area contributed by atoms with Crippen LogP contribution in [0.2, 0.25) is 0 Å². The van der Waals surface area contributed by atoms with Crippen molar-refractivity contribution in [3.8, 4) is 11.3 Å². The van der Waals surface area contributed by atoms with Crippen molar-refractivity contribution in [2.45, 2.75) is 0 Å². The van der Waals surface area contributed by atoms with Gasteiger partial charge in [-0.25, -0.2) is 5.43 Å². The molecule has 0 aliphatic carbocycles. The van der Waals surface area contributed by atoms with E-state index >= 15 is 0 Å². The van der Waals surface area contributed by atoms with Crippen molar-refractivity contribution in [3.05, 3.63) is 86.8 Å². The van der Waals surface area contributed by atoms with E-state index in [9.17, 15) is 14.9 Å². The van der Waals surface area contributed by atoms with E-state index in [1.807, 2.05) is 12.1 Å². The molecule has 0 radical (unpaired) electrons. The Labute approximate surface area is 172 Å². The van der Waals surface area contributed by atoms with E-state index in [1.165, 1.54) is 18.3 Å². The average molecular weight is 454 g/mol. The van der Waals surface area contributed by atoms with Gasteiger partial charge in [0.2, 0.25) is 0 Å². The summed E-state index contributed by atoms with van der Waals surface area (Å²) in [7, 11) is 0. The number of halogens is 1. The van der Waals surface area contributed by atoms with Crippen LogP contribution in [0.25, 0.3) is 22.3 Å². The minimum absolute atomic E-state index is 0.0285. The SMILES string of the molecule is O=C(N/N=C\c1ccc(-c2cccc([N+](=O)[O-])c2)o1)c1cc2cc(Br)ccc2o1. The van der Waals surface area contributed by atoms with E-state index in [1.54, 1.807) is 36.4 Å². The van der Waals surface area contributed by atoms with Crippen LogP contribution >= 0.6 is 15.9 Å². The normalized spacial score (nSPS) is 11.2. The van der Waals surface area contributed by atoms with Crippen LogP contribution in [-0.2, 0) is 0 Å². The van der Waals surface area contributed by atoms with Crippen molar-refractivity contribution in [1.29, 1.82) is 0 Å². The van der Waals surface area contributed by atoms with Crippen LogP contribution in [0.5, 0.6) is 0 Å². The van der Waals surface area contributed by atoms with E-state index in [0.29, 0.717) is 22.7 Å². The van der Waals surface area contributed by atoms with Gasteiger partial charge in [0, 0.05) is 27.6 Å². The number of hydrogen-bond acceptors (Lipinski definition) is 6. The molecule has 0 saturated carbocycles. The Bertz CT molecular complexity index is 1260. The fourth-order valence-corrected chi connectivity index (χ4v) is 3.06. The Morgan fingerprint density at radius 1 is 1.10 bits per heavy atom. The predicted octanol–water partition coefficient (Wildman–Crippen LogP) is 5.13. The summed E-state index contributed by atoms with van der Waals surface area (Å²) in [6, 6.07) is 16.5. The third kappa shape index (κ3) is 4.09. The monoisotopic (exact) mass is 453 g/mol. The number of furan rings is 2. The lowest BCUT2D eigenvalue weighted by atomic mass is 10.1. The van der Waals surface area contributed by atoms with Crippen LogP contribution in [0, 0.1) is 10.1 Å². The lowest BCUT2D eigenvalue weighted by Gasteiger charge is -1.97. The van der Waals surface area contributed by atoms with Gasteiger partial charge in [-0.2, -0.15) is 5.10 Å². The maximum Gasteiger partial charge on any atom is 0.307 e. The Morgan fingerprint density at radius 2 is 1.97 bits per heavy atom. The van der Waals surface area contributed by atoms with Gasteiger partial charge in [0.1, 0.15) is 17.1 Å². The molecule has 29 heavy (non-hydrogen) atoms. The molecule has 2 heterocycles. The molecule has 0 unspecified atom stereocenters. The summed E-state index contributed by atoms with van der Waals surface area (Å²) >= 11 is 3.37. The summed E-state index contributed by atoms with van der Waals surface area (Å²) in [5.41, 5.74) is 3.50. The summed E-state index contributed by atoms with van der Waals surface area (Å²) in [5.74, 6) is 0.454. The minimum Gasteiger partial charge on any atom is -0.455 e. The number of amides is 1. The van der Waals surface area contributed by atoms with Crippen LogP contribution in [0.4, 0.5) is 5.69 Å². The number of rotatable bonds is 5. The summed E-state index contributed by atoms with van der Waals surface area (Å²) in [6.07, 6.45) is 1.33. The highest BCUT2D eigenvalue weighted by Gasteiger charge is 2.12. The number of carbonyl (C=O) groups is 1. The topological polar surface area (TPSA) is 111 Å². The highest BCUT2D eigenvalue weighted by molar-refractivity contribution is 9.10. The molecule has 0 atom stereocenters. The molecule has 0 saturated heterocycles. The second-order valence-electron chi connectivity index (χ2n) is 6.00. The molecule has 1 amide bonds. The number of nitro benzene ring substituents is 1. The molecule has 0 spiro atoms. The molecule has 0 aliphatic heterocycles. The number of carbonyl (C=O) groups excluding carboxylic acids is 1. The van der Waals surface area contributed by atoms with Gasteiger partial charge in [0.25, 0.3) is 5.69 Å². The minimum atomic E-state index is -0.501. The first-order chi connectivity index (χ1) is 14.0. The number of fused-ring (bicyclic) bond motifs is 1. The molecule has 1 N–H and O–H groups in total. The van der Waals surface area contributed by atoms with Gasteiger partial charge in [0.05, 0.1) is 11.1 Å². The van der Waals surface area contributed by atoms with Crippen molar-refractivity contribution >= 4 is 44.7 Å². The van der Waals surface area contributed by atoms with Crippen molar-refractivity contribution < 1.29 is 18.6 Å². The first kappa shape index (κ1) is 18.6. The van der Waals surface area contributed by atoms with E-state index < -0.39 is 10.8 Å². The molecular weight excluding hydrogens is 442 g/mol. The average Bonchev–Trinajstić information content (AvgIpc) is 3.34. The Balaban J connectivity index is 1.45. The quantitative estimate of drug-likeness (QED) is 0.255. The van der Waals surface area contributed by atoms with Gasteiger partial charge in [-0.15, -0.1) is 0 Å². The van der Waals surface area contributed by atoms with Gasteiger partial charge in [-0.1, -0.05) is 28.1 Å². The van der Waals surface area contributed by atoms with E-state index in [4.69, 9.17) is 8.83 Å². The molecule has 0 fully saturated rings. The van der Waals surface area contributed by atoms with Gasteiger partial charge in [-0.3, -0.25) is 14.9 Å². The van der Waals surface area contributed by atoms with Crippen LogP contribution < -0.4 is 5.43 Å². The zero-order valence-corrected chi connectivity index (χ0v) is 16.3. The maximum absolute atomic E-state index is 12.2. The number of hydrazone groups is 1. The van der Waals surface area contributed by atoms with E-state index in [2.05, 4.69) is 26.5 Å². The molecule has 4 rings (SSSR count). The lowest BCUT2D eigenvalue weighted by molar-refractivity contribution is -0.384. The molecule has 0 aliphatic rings. The zero-order chi connectivity index (χ0) is 20.4. The lowest BCUT2D eigenvalue weighted by Crippen LogP contribution is -2.16. The van der Waals surface area contributed by atoms with Crippen LogP contribution in [-0.4, -0.2) is 17.0 Å². The van der Waals surface area contributed by atoms with Crippen LogP contribution in [0.1, 0.15) is 16.3 Å². The zero-order valence-electron chi connectivity index (χ0n) is 14.7. The molecule has 0 bridgehead atoms. The summed E-state index contributed by atoms with van der Waals surface area (Å²) < 4.78 is 12.0. The summed E-state index contributed by atoms with van der Waals surface area (Å²) in [4.78, 5) is 22.6. The first-order valence-corrected chi connectivity index (χ1v) is 9.16. The van der Waals surface area contributed by atoms with Crippen LogP contribution in [0.15, 0.2) is 79.1 Å². The fourth-order valence-electron chi connectivity index (χ4n) is 2.69. The predicted molar refractivity (Wildman–Crippen MR) is 110 cm³/mol. The fraction of sp³-hybridized carbons (Fsp3) is 0. The molecule has 144 valence electrons. The number of hydrogen-bond donors (Lipinski definition) is 1. The third-order valence-corrected chi connectivity index (χ3v) is 4.52. The Morgan fingerprint density at radius 3 is 2.79 bits per heavy atom. The summed E-state index contributed by atoms with van der Waals surface area (Å²) in [6.45, 7) is 0. The molecule has 8 nitrogen and oxygen atoms in total. The Kier molecular flexibility index (Phi) is 4.96. The molecule has 2 aromatic carbocycles. The molecule has 2 aromatic heterocycles. The van der Waals surface area contributed by atoms with Gasteiger partial charge in [-0.05, 0) is 36.4 Å². The molecule has 4 aromatic rings. The second kappa shape index (κ2) is 7.72. The second-order valence-corrected chi connectivity index (χ2v) is 6.92. The number of non-ortho nitro benzene ring substituents is 1. The maximum atomic E-state index is 12.2. The van der Waals surface area contributed by atoms with Crippen molar-refractivity contribution in [1.82, 2.24) is 5.43 Å². The van der Waals surface area contributed by atoms with Gasteiger partial charge < -0.3 is 8.83 Å². The van der Waals surface area contributed by atoms with E-state index in [-0.39, 0.29) is 11.4 Å². The Hall–Kier alpha value is -3.72.